The molecule has 0 aromatic carbocycles. The third-order valence-electron chi connectivity index (χ3n) is 8.01. The molecule has 0 aliphatic heterocycles. The quantitative estimate of drug-likeness (QED) is 0.0494. The minimum Gasteiger partial charge on any atom is -0.745 e. The summed E-state index contributed by atoms with van der Waals surface area (Å²) in [5.41, 5.74) is 0. The summed E-state index contributed by atoms with van der Waals surface area (Å²) in [7, 11) is -4.91. The summed E-state index contributed by atoms with van der Waals surface area (Å²) in [4.78, 5) is 0. The van der Waals surface area contributed by atoms with Gasteiger partial charge in [-0.1, -0.05) is 174 Å². The molecule has 0 heterocycles. The molecular formula is C32H64FNaO3S. The van der Waals surface area contributed by atoms with Crippen molar-refractivity contribution in [2.75, 3.05) is 0 Å². The van der Waals surface area contributed by atoms with Gasteiger partial charge in [0.05, 0.1) is 0 Å². The molecule has 0 spiro atoms. The SMILES string of the molecule is CCCCCCCCCCCCCCCCCCCCC(F)(CCCCCCCCCCC)S(=O)(=O)[O-].[Na+]. The van der Waals surface area contributed by atoms with E-state index in [2.05, 4.69) is 13.8 Å². The third kappa shape index (κ3) is 25.8. The Morgan fingerprint density at radius 1 is 0.447 bits per heavy atom. The van der Waals surface area contributed by atoms with Crippen molar-refractivity contribution >= 4 is 10.1 Å². The number of halogens is 1. The summed E-state index contributed by atoms with van der Waals surface area (Å²) < 4.78 is 49.8. The molecule has 0 radical (unpaired) electrons. The molecule has 6 heteroatoms. The van der Waals surface area contributed by atoms with Crippen molar-refractivity contribution in [1.82, 2.24) is 0 Å². The van der Waals surface area contributed by atoms with Crippen LogP contribution in [0.15, 0.2) is 0 Å². The number of alkyl halides is 1. The molecule has 38 heavy (non-hydrogen) atoms. The predicted molar refractivity (Wildman–Crippen MR) is 159 cm³/mol. The van der Waals surface area contributed by atoms with Crippen LogP contribution in [-0.2, 0) is 10.1 Å². The van der Waals surface area contributed by atoms with Gasteiger partial charge in [0.15, 0.2) is 5.00 Å². The van der Waals surface area contributed by atoms with Crippen molar-refractivity contribution in [2.24, 2.45) is 0 Å². The average molecular weight is 571 g/mol. The third-order valence-corrected chi connectivity index (χ3v) is 9.31. The minimum atomic E-state index is -4.91. The molecule has 0 aromatic rings. The van der Waals surface area contributed by atoms with Gasteiger partial charge in [0.1, 0.15) is 10.1 Å². The first-order chi connectivity index (χ1) is 17.9. The van der Waals surface area contributed by atoms with Crippen molar-refractivity contribution < 1.29 is 46.9 Å². The minimum absolute atomic E-state index is 0. The molecule has 0 rings (SSSR count). The standard InChI is InChI=1S/C32H65FO3S.Na/c1-3-5-7-9-11-13-14-15-16-17-18-19-20-21-23-25-27-29-31-32(33,37(34,35)36)30-28-26-24-22-12-10-8-6-4-2;/h3-31H2,1-2H3,(H,34,35,36);/q;+1/p-1. The fraction of sp³-hybridized carbons (Fsp3) is 1.00. The molecule has 0 saturated heterocycles. The maximum Gasteiger partial charge on any atom is 1.00 e. The molecular weight excluding hydrogens is 506 g/mol. The first-order valence-electron chi connectivity index (χ1n) is 16.5. The second-order valence-electron chi connectivity index (χ2n) is 11.7. The van der Waals surface area contributed by atoms with Gasteiger partial charge in [-0.05, 0) is 25.7 Å². The predicted octanol–water partition coefficient (Wildman–Crippen LogP) is 8.55. The number of hydrogen-bond acceptors (Lipinski definition) is 3. The van der Waals surface area contributed by atoms with Crippen LogP contribution in [0.25, 0.3) is 0 Å². The van der Waals surface area contributed by atoms with Gasteiger partial charge in [-0.25, -0.2) is 12.8 Å². The van der Waals surface area contributed by atoms with Crippen LogP contribution in [0.1, 0.15) is 200 Å². The Morgan fingerprint density at radius 2 is 0.632 bits per heavy atom. The normalized spacial score (nSPS) is 13.4. The maximum absolute atomic E-state index is 15.0. The van der Waals surface area contributed by atoms with Crippen LogP contribution in [0.2, 0.25) is 0 Å². The molecule has 0 amide bonds. The summed E-state index contributed by atoms with van der Waals surface area (Å²) in [5, 5.41) is -2.57. The van der Waals surface area contributed by atoms with Crippen LogP contribution < -0.4 is 29.6 Å². The fourth-order valence-electron chi connectivity index (χ4n) is 5.37. The van der Waals surface area contributed by atoms with Crippen LogP contribution >= 0.6 is 0 Å². The number of hydrogen-bond donors (Lipinski definition) is 0. The summed E-state index contributed by atoms with van der Waals surface area (Å²) >= 11 is 0. The van der Waals surface area contributed by atoms with Crippen molar-refractivity contribution in [3.63, 3.8) is 0 Å². The van der Waals surface area contributed by atoms with Crippen LogP contribution in [0.3, 0.4) is 0 Å². The Labute approximate surface area is 260 Å². The van der Waals surface area contributed by atoms with Crippen LogP contribution in [0, 0.1) is 0 Å². The Hall–Kier alpha value is 0.840. The molecule has 3 nitrogen and oxygen atoms in total. The smallest absolute Gasteiger partial charge is 0.745 e. The maximum atomic E-state index is 15.0. The zero-order valence-corrected chi connectivity index (χ0v) is 28.8. The fourth-order valence-corrected chi connectivity index (χ4v) is 6.15. The van der Waals surface area contributed by atoms with E-state index >= 15 is 4.39 Å². The largest absolute Gasteiger partial charge is 1.00 e. The van der Waals surface area contributed by atoms with Gasteiger partial charge in [-0.2, -0.15) is 0 Å². The Morgan fingerprint density at radius 3 is 0.816 bits per heavy atom. The van der Waals surface area contributed by atoms with Crippen LogP contribution in [0.4, 0.5) is 4.39 Å². The van der Waals surface area contributed by atoms with Crippen LogP contribution in [0.5, 0.6) is 0 Å². The topological polar surface area (TPSA) is 57.2 Å². The van der Waals surface area contributed by atoms with E-state index in [4.69, 9.17) is 0 Å². The van der Waals surface area contributed by atoms with Gasteiger partial charge in [0, 0.05) is 0 Å². The monoisotopic (exact) mass is 570 g/mol. The second-order valence-corrected chi connectivity index (χ2v) is 13.3. The summed E-state index contributed by atoms with van der Waals surface area (Å²) in [6.07, 6.45) is 31.8. The van der Waals surface area contributed by atoms with Crippen molar-refractivity contribution in [3.8, 4) is 0 Å². The van der Waals surface area contributed by atoms with E-state index in [1.165, 1.54) is 122 Å². The molecule has 1 atom stereocenters. The molecule has 224 valence electrons. The molecule has 0 bridgehead atoms. The zero-order valence-electron chi connectivity index (χ0n) is 26.0. The van der Waals surface area contributed by atoms with Crippen molar-refractivity contribution in [3.05, 3.63) is 0 Å². The summed E-state index contributed by atoms with van der Waals surface area (Å²) in [6, 6.07) is 0. The van der Waals surface area contributed by atoms with E-state index < -0.39 is 15.1 Å². The molecule has 0 aliphatic carbocycles. The Bertz CT molecular complexity index is 573. The first-order valence-corrected chi connectivity index (χ1v) is 17.9. The van der Waals surface area contributed by atoms with Gasteiger partial charge in [-0.3, -0.25) is 0 Å². The Balaban J connectivity index is 0. The first kappa shape index (κ1) is 41.0. The van der Waals surface area contributed by atoms with E-state index in [-0.39, 0.29) is 42.4 Å². The van der Waals surface area contributed by atoms with Gasteiger partial charge >= 0.3 is 29.6 Å². The Kier molecular flexibility index (Phi) is 31.6. The van der Waals surface area contributed by atoms with Crippen molar-refractivity contribution in [2.45, 2.75) is 205 Å². The van der Waals surface area contributed by atoms with Gasteiger partial charge < -0.3 is 4.55 Å². The van der Waals surface area contributed by atoms with Gasteiger partial charge in [0.2, 0.25) is 0 Å². The van der Waals surface area contributed by atoms with E-state index in [9.17, 15) is 13.0 Å². The van der Waals surface area contributed by atoms with Crippen LogP contribution in [-0.4, -0.2) is 18.0 Å². The van der Waals surface area contributed by atoms with E-state index in [0.717, 1.165) is 38.5 Å². The number of unbranched alkanes of at least 4 members (excludes halogenated alkanes) is 25. The summed E-state index contributed by atoms with van der Waals surface area (Å²) in [5.74, 6) is 0. The zero-order chi connectivity index (χ0) is 27.5. The molecule has 0 saturated carbocycles. The number of rotatable bonds is 30. The second kappa shape index (κ2) is 29.3. The van der Waals surface area contributed by atoms with Crippen molar-refractivity contribution in [1.29, 1.82) is 0 Å². The van der Waals surface area contributed by atoms with Gasteiger partial charge in [0.25, 0.3) is 0 Å². The van der Waals surface area contributed by atoms with Gasteiger partial charge in [-0.15, -0.1) is 0 Å². The van der Waals surface area contributed by atoms with E-state index in [1.807, 2.05) is 0 Å². The molecule has 0 aliphatic rings. The van der Waals surface area contributed by atoms with E-state index in [0.29, 0.717) is 12.8 Å². The van der Waals surface area contributed by atoms with E-state index in [1.54, 1.807) is 0 Å². The molecule has 1 unspecified atom stereocenters. The molecule has 0 fully saturated rings. The molecule has 0 aromatic heterocycles. The molecule has 0 N–H and O–H groups in total. The summed E-state index contributed by atoms with van der Waals surface area (Å²) in [6.45, 7) is 4.47. The average Bonchev–Trinajstić information content (AvgIpc) is 2.86.